The van der Waals surface area contributed by atoms with Gasteiger partial charge in [-0.15, -0.1) is 0 Å². The smallest absolute Gasteiger partial charge is 0.0886 e. The van der Waals surface area contributed by atoms with Crippen LogP contribution < -0.4 is 0 Å². The average Bonchev–Trinajstić information content (AvgIpc) is 2.15. The molecule has 0 amide bonds. The second-order valence-corrected chi connectivity index (χ2v) is 2.13. The molecule has 0 bridgehead atoms. The molecule has 1 heterocycles. The van der Waals surface area contributed by atoms with Crippen molar-refractivity contribution in [2.45, 2.75) is 0 Å². The number of nitrogens with zero attached hydrogens (tertiary/aromatic N) is 2. The summed E-state index contributed by atoms with van der Waals surface area (Å²) in [5, 5.41) is 0. The van der Waals surface area contributed by atoms with Crippen molar-refractivity contribution in [1.29, 1.82) is 0 Å². The molecule has 2 nitrogen and oxygen atoms in total. The Bertz CT molecular complexity index is 313. The van der Waals surface area contributed by atoms with E-state index in [2.05, 4.69) is 23.1 Å². The molecule has 12 heavy (non-hydrogen) atoms. The average molecular weight is 158 g/mol. The standard InChI is InChI=1S/C10H10N2/c1-3-5-6-10-9(4-2)11-7-8-12-10/h3-8H,1-2H2/b6-5-. The molecule has 0 atom stereocenters. The van der Waals surface area contributed by atoms with E-state index in [0.717, 1.165) is 11.4 Å². The molecule has 0 saturated carbocycles. The summed E-state index contributed by atoms with van der Waals surface area (Å²) in [7, 11) is 0. The topological polar surface area (TPSA) is 25.8 Å². The molecule has 1 aromatic heterocycles. The van der Waals surface area contributed by atoms with Crippen LogP contribution in [-0.4, -0.2) is 9.97 Å². The van der Waals surface area contributed by atoms with Crippen molar-refractivity contribution >= 4 is 12.2 Å². The van der Waals surface area contributed by atoms with Gasteiger partial charge in [0.15, 0.2) is 0 Å². The summed E-state index contributed by atoms with van der Waals surface area (Å²) >= 11 is 0. The highest BCUT2D eigenvalue weighted by atomic mass is 14.8. The monoisotopic (exact) mass is 158 g/mol. The van der Waals surface area contributed by atoms with Gasteiger partial charge in [-0.05, 0) is 12.2 Å². The lowest BCUT2D eigenvalue weighted by molar-refractivity contribution is 1.16. The van der Waals surface area contributed by atoms with Crippen LogP contribution in [0.3, 0.4) is 0 Å². The summed E-state index contributed by atoms with van der Waals surface area (Å²) in [4.78, 5) is 8.20. The lowest BCUT2D eigenvalue weighted by Crippen LogP contribution is -1.88. The van der Waals surface area contributed by atoms with Crippen LogP contribution in [0.1, 0.15) is 11.4 Å². The molecule has 0 aliphatic carbocycles. The number of allylic oxidation sites excluding steroid dienone is 2. The number of hydrogen-bond donors (Lipinski definition) is 0. The van der Waals surface area contributed by atoms with E-state index in [4.69, 9.17) is 0 Å². The maximum Gasteiger partial charge on any atom is 0.0886 e. The molecular weight excluding hydrogens is 148 g/mol. The first-order valence-corrected chi connectivity index (χ1v) is 3.61. The minimum Gasteiger partial charge on any atom is -0.253 e. The summed E-state index contributed by atoms with van der Waals surface area (Å²) in [5.74, 6) is 0. The Morgan fingerprint density at radius 3 is 2.33 bits per heavy atom. The lowest BCUT2D eigenvalue weighted by Gasteiger charge is -1.95. The van der Waals surface area contributed by atoms with Crippen LogP contribution in [0.5, 0.6) is 0 Å². The fourth-order valence-electron chi connectivity index (χ4n) is 0.804. The van der Waals surface area contributed by atoms with Crippen LogP contribution in [0.4, 0.5) is 0 Å². The van der Waals surface area contributed by atoms with Crippen molar-refractivity contribution in [3.05, 3.63) is 49.1 Å². The van der Waals surface area contributed by atoms with Gasteiger partial charge in [0.25, 0.3) is 0 Å². The maximum atomic E-state index is 4.12. The van der Waals surface area contributed by atoms with Crippen molar-refractivity contribution in [1.82, 2.24) is 9.97 Å². The van der Waals surface area contributed by atoms with Crippen LogP contribution in [0.25, 0.3) is 12.2 Å². The Labute approximate surface area is 72.0 Å². The third kappa shape index (κ3) is 1.89. The van der Waals surface area contributed by atoms with Crippen molar-refractivity contribution in [3.8, 4) is 0 Å². The number of hydrogen-bond acceptors (Lipinski definition) is 2. The first-order chi connectivity index (χ1) is 5.88. The number of aromatic nitrogens is 2. The van der Waals surface area contributed by atoms with E-state index in [-0.39, 0.29) is 0 Å². The fourth-order valence-corrected chi connectivity index (χ4v) is 0.804. The van der Waals surface area contributed by atoms with E-state index >= 15 is 0 Å². The molecule has 1 aromatic rings. The van der Waals surface area contributed by atoms with Gasteiger partial charge in [-0.25, -0.2) is 0 Å². The summed E-state index contributed by atoms with van der Waals surface area (Å²) in [6.07, 6.45) is 10.3. The van der Waals surface area contributed by atoms with Crippen LogP contribution in [0.15, 0.2) is 37.7 Å². The van der Waals surface area contributed by atoms with Gasteiger partial charge in [0.2, 0.25) is 0 Å². The van der Waals surface area contributed by atoms with Gasteiger partial charge in [0.1, 0.15) is 0 Å². The largest absolute Gasteiger partial charge is 0.253 e. The van der Waals surface area contributed by atoms with E-state index < -0.39 is 0 Å². The van der Waals surface area contributed by atoms with Crippen LogP contribution >= 0.6 is 0 Å². The molecule has 0 fully saturated rings. The van der Waals surface area contributed by atoms with Gasteiger partial charge < -0.3 is 0 Å². The molecule has 0 unspecified atom stereocenters. The van der Waals surface area contributed by atoms with Crippen molar-refractivity contribution in [3.63, 3.8) is 0 Å². The van der Waals surface area contributed by atoms with Gasteiger partial charge in [-0.1, -0.05) is 25.3 Å². The summed E-state index contributed by atoms with van der Waals surface area (Å²) < 4.78 is 0. The Morgan fingerprint density at radius 1 is 1.08 bits per heavy atom. The van der Waals surface area contributed by atoms with Gasteiger partial charge in [-0.2, -0.15) is 0 Å². The van der Waals surface area contributed by atoms with E-state index in [9.17, 15) is 0 Å². The Balaban J connectivity index is 3.04. The summed E-state index contributed by atoms with van der Waals surface area (Å²) in [6.45, 7) is 7.21. The third-order valence-corrected chi connectivity index (χ3v) is 1.34. The van der Waals surface area contributed by atoms with Gasteiger partial charge in [0, 0.05) is 12.4 Å². The Hall–Kier alpha value is -1.70. The van der Waals surface area contributed by atoms with E-state index in [0.29, 0.717) is 0 Å². The Morgan fingerprint density at radius 2 is 1.75 bits per heavy atom. The van der Waals surface area contributed by atoms with E-state index in [1.54, 1.807) is 24.5 Å². The quantitative estimate of drug-likeness (QED) is 0.631. The predicted octanol–water partition coefficient (Wildman–Crippen LogP) is 2.32. The second-order valence-electron chi connectivity index (χ2n) is 2.13. The van der Waals surface area contributed by atoms with Crippen molar-refractivity contribution in [2.75, 3.05) is 0 Å². The first-order valence-electron chi connectivity index (χ1n) is 3.61. The van der Waals surface area contributed by atoms with Crippen molar-refractivity contribution in [2.24, 2.45) is 0 Å². The van der Waals surface area contributed by atoms with Crippen molar-refractivity contribution < 1.29 is 0 Å². The minimum atomic E-state index is 0.788. The first kappa shape index (κ1) is 8.40. The highest BCUT2D eigenvalue weighted by Crippen LogP contribution is 2.04. The predicted molar refractivity (Wildman–Crippen MR) is 51.4 cm³/mol. The Kier molecular flexibility index (Phi) is 2.96. The SMILES string of the molecule is C=C/C=C\c1nccnc1C=C. The van der Waals surface area contributed by atoms with Gasteiger partial charge >= 0.3 is 0 Å². The molecule has 2 heteroatoms. The molecule has 1 rings (SSSR count). The van der Waals surface area contributed by atoms with E-state index in [1.165, 1.54) is 0 Å². The molecule has 0 N–H and O–H groups in total. The van der Waals surface area contributed by atoms with Crippen LogP contribution in [0, 0.1) is 0 Å². The summed E-state index contributed by atoms with van der Waals surface area (Å²) in [6, 6.07) is 0. The van der Waals surface area contributed by atoms with Crippen LogP contribution in [-0.2, 0) is 0 Å². The van der Waals surface area contributed by atoms with E-state index in [1.807, 2.05) is 12.2 Å². The molecule has 0 aliphatic rings. The molecule has 0 spiro atoms. The van der Waals surface area contributed by atoms with Crippen LogP contribution in [0.2, 0.25) is 0 Å². The minimum absolute atomic E-state index is 0.788. The zero-order chi connectivity index (χ0) is 8.81. The fraction of sp³-hybridized carbons (Fsp3) is 0. The molecule has 0 aliphatic heterocycles. The highest BCUT2D eigenvalue weighted by molar-refractivity contribution is 5.58. The zero-order valence-corrected chi connectivity index (χ0v) is 6.77. The highest BCUT2D eigenvalue weighted by Gasteiger charge is 1.94. The second kappa shape index (κ2) is 4.23. The molecule has 0 aromatic carbocycles. The lowest BCUT2D eigenvalue weighted by atomic mass is 10.3. The molecular formula is C10H10N2. The van der Waals surface area contributed by atoms with Gasteiger partial charge in [0.05, 0.1) is 11.4 Å². The van der Waals surface area contributed by atoms with Gasteiger partial charge in [-0.3, -0.25) is 9.97 Å². The number of rotatable bonds is 3. The maximum absolute atomic E-state index is 4.12. The third-order valence-electron chi connectivity index (χ3n) is 1.34. The molecule has 0 saturated heterocycles. The molecule has 0 radical (unpaired) electrons. The summed E-state index contributed by atoms with van der Waals surface area (Å²) in [5.41, 5.74) is 1.60. The zero-order valence-electron chi connectivity index (χ0n) is 6.77. The normalized spacial score (nSPS) is 10.0. The molecule has 60 valence electrons.